The predicted octanol–water partition coefficient (Wildman–Crippen LogP) is 4.88. The zero-order valence-corrected chi connectivity index (χ0v) is 13.3. The quantitative estimate of drug-likeness (QED) is 0.698. The first-order chi connectivity index (χ1) is 10.6. The van der Waals surface area contributed by atoms with Gasteiger partial charge in [0.1, 0.15) is 5.69 Å². The number of carbonyl (C=O) groups is 1. The molecule has 4 heteroatoms. The Kier molecular flexibility index (Phi) is 4.20. The summed E-state index contributed by atoms with van der Waals surface area (Å²) >= 11 is 1.57. The SMILES string of the molecule is CC(C)OC(=O)c1[nH]c2ccccc2c1Sc1ccccc1. The number of H-pyrrole nitrogens is 1. The fourth-order valence-corrected chi connectivity index (χ4v) is 3.30. The lowest BCUT2D eigenvalue weighted by Gasteiger charge is -2.08. The van der Waals surface area contributed by atoms with E-state index in [-0.39, 0.29) is 12.1 Å². The molecule has 0 atom stereocenters. The molecule has 0 bridgehead atoms. The van der Waals surface area contributed by atoms with Crippen LogP contribution < -0.4 is 0 Å². The molecule has 22 heavy (non-hydrogen) atoms. The van der Waals surface area contributed by atoms with E-state index in [4.69, 9.17) is 4.74 Å². The third-order valence-electron chi connectivity index (χ3n) is 3.17. The van der Waals surface area contributed by atoms with Crippen LogP contribution in [0.4, 0.5) is 0 Å². The summed E-state index contributed by atoms with van der Waals surface area (Å²) in [5, 5.41) is 1.03. The highest BCUT2D eigenvalue weighted by molar-refractivity contribution is 7.99. The summed E-state index contributed by atoms with van der Waals surface area (Å²) in [6.07, 6.45) is -0.145. The summed E-state index contributed by atoms with van der Waals surface area (Å²) < 4.78 is 5.36. The van der Waals surface area contributed by atoms with Crippen LogP contribution in [0.5, 0.6) is 0 Å². The van der Waals surface area contributed by atoms with E-state index in [2.05, 4.69) is 4.98 Å². The van der Waals surface area contributed by atoms with Crippen LogP contribution in [0.2, 0.25) is 0 Å². The van der Waals surface area contributed by atoms with Gasteiger partial charge in [-0.15, -0.1) is 0 Å². The summed E-state index contributed by atoms with van der Waals surface area (Å²) in [5.74, 6) is -0.315. The molecule has 1 N–H and O–H groups in total. The Balaban J connectivity index is 2.07. The fourth-order valence-electron chi connectivity index (χ4n) is 2.25. The Morgan fingerprint density at radius 1 is 1.05 bits per heavy atom. The smallest absolute Gasteiger partial charge is 0.356 e. The van der Waals surface area contributed by atoms with E-state index < -0.39 is 0 Å². The van der Waals surface area contributed by atoms with Crippen LogP contribution >= 0.6 is 11.8 Å². The highest BCUT2D eigenvalue weighted by Gasteiger charge is 2.20. The van der Waals surface area contributed by atoms with Gasteiger partial charge in [0.15, 0.2) is 0 Å². The molecular weight excluding hydrogens is 294 g/mol. The number of ether oxygens (including phenoxy) is 1. The van der Waals surface area contributed by atoms with Crippen molar-refractivity contribution in [2.24, 2.45) is 0 Å². The molecule has 3 rings (SSSR count). The molecule has 0 spiro atoms. The molecule has 0 unspecified atom stereocenters. The largest absolute Gasteiger partial charge is 0.458 e. The number of esters is 1. The number of hydrogen-bond donors (Lipinski definition) is 1. The van der Waals surface area contributed by atoms with Crippen LogP contribution in [0.1, 0.15) is 24.3 Å². The molecule has 0 radical (unpaired) electrons. The summed E-state index contributed by atoms with van der Waals surface area (Å²) in [7, 11) is 0. The van der Waals surface area contributed by atoms with Gasteiger partial charge in [0.05, 0.1) is 11.0 Å². The average molecular weight is 311 g/mol. The number of aromatic nitrogens is 1. The van der Waals surface area contributed by atoms with Gasteiger partial charge < -0.3 is 9.72 Å². The molecule has 0 aliphatic rings. The highest BCUT2D eigenvalue weighted by atomic mass is 32.2. The van der Waals surface area contributed by atoms with Gasteiger partial charge in [-0.05, 0) is 32.0 Å². The maximum absolute atomic E-state index is 12.4. The standard InChI is InChI=1S/C18H17NO2S/c1-12(2)21-18(20)16-17(22-13-8-4-3-5-9-13)14-10-6-7-11-15(14)19-16/h3-12,19H,1-2H3. The number of benzene rings is 2. The van der Waals surface area contributed by atoms with Crippen molar-refractivity contribution in [3.63, 3.8) is 0 Å². The summed E-state index contributed by atoms with van der Waals surface area (Å²) in [4.78, 5) is 17.6. The number of fused-ring (bicyclic) bond motifs is 1. The molecule has 3 aromatic rings. The molecule has 1 heterocycles. The van der Waals surface area contributed by atoms with Crippen LogP contribution in [0.15, 0.2) is 64.4 Å². The second kappa shape index (κ2) is 6.28. The Hall–Kier alpha value is -2.20. The van der Waals surface area contributed by atoms with Crippen molar-refractivity contribution < 1.29 is 9.53 Å². The van der Waals surface area contributed by atoms with E-state index in [1.54, 1.807) is 11.8 Å². The molecule has 112 valence electrons. The second-order valence-electron chi connectivity index (χ2n) is 5.24. The van der Waals surface area contributed by atoms with E-state index in [0.29, 0.717) is 5.69 Å². The highest BCUT2D eigenvalue weighted by Crippen LogP contribution is 2.36. The number of carbonyl (C=O) groups excluding carboxylic acids is 1. The third-order valence-corrected chi connectivity index (χ3v) is 4.30. The lowest BCUT2D eigenvalue weighted by molar-refractivity contribution is 0.0368. The number of para-hydroxylation sites is 1. The Bertz CT molecular complexity index is 793. The van der Waals surface area contributed by atoms with Crippen molar-refractivity contribution in [1.29, 1.82) is 0 Å². The fraction of sp³-hybridized carbons (Fsp3) is 0.167. The predicted molar refractivity (Wildman–Crippen MR) is 89.4 cm³/mol. The maximum Gasteiger partial charge on any atom is 0.356 e. The van der Waals surface area contributed by atoms with Gasteiger partial charge in [-0.1, -0.05) is 48.2 Å². The monoisotopic (exact) mass is 311 g/mol. The number of nitrogens with one attached hydrogen (secondary N) is 1. The molecular formula is C18H17NO2S. The maximum atomic E-state index is 12.4. The van der Waals surface area contributed by atoms with Gasteiger partial charge in [0, 0.05) is 15.8 Å². The molecule has 0 fully saturated rings. The molecule has 2 aromatic carbocycles. The van der Waals surface area contributed by atoms with Crippen LogP contribution in [-0.4, -0.2) is 17.1 Å². The van der Waals surface area contributed by atoms with Gasteiger partial charge in [-0.25, -0.2) is 4.79 Å². The average Bonchev–Trinajstić information content (AvgIpc) is 2.87. The van der Waals surface area contributed by atoms with Crippen LogP contribution in [0, 0.1) is 0 Å². The van der Waals surface area contributed by atoms with Crippen molar-refractivity contribution in [1.82, 2.24) is 4.98 Å². The number of hydrogen-bond acceptors (Lipinski definition) is 3. The number of aromatic amines is 1. The Morgan fingerprint density at radius 2 is 1.73 bits per heavy atom. The molecule has 0 saturated heterocycles. The second-order valence-corrected chi connectivity index (χ2v) is 6.33. The van der Waals surface area contributed by atoms with Crippen molar-refractivity contribution in [3.8, 4) is 0 Å². The van der Waals surface area contributed by atoms with E-state index in [1.807, 2.05) is 68.4 Å². The third kappa shape index (κ3) is 3.02. The van der Waals surface area contributed by atoms with E-state index in [0.717, 1.165) is 20.7 Å². The molecule has 3 nitrogen and oxygen atoms in total. The minimum Gasteiger partial charge on any atom is -0.458 e. The van der Waals surface area contributed by atoms with Crippen molar-refractivity contribution >= 4 is 28.6 Å². The lowest BCUT2D eigenvalue weighted by atomic mass is 10.2. The zero-order chi connectivity index (χ0) is 15.5. The minimum atomic E-state index is -0.315. The van der Waals surface area contributed by atoms with Crippen molar-refractivity contribution in [3.05, 3.63) is 60.3 Å². The topological polar surface area (TPSA) is 42.1 Å². The van der Waals surface area contributed by atoms with Gasteiger partial charge >= 0.3 is 5.97 Å². The first kappa shape index (κ1) is 14.7. The summed E-state index contributed by atoms with van der Waals surface area (Å²) in [6, 6.07) is 17.9. The lowest BCUT2D eigenvalue weighted by Crippen LogP contribution is -2.12. The minimum absolute atomic E-state index is 0.145. The normalized spacial score (nSPS) is 11.0. The molecule has 0 aliphatic carbocycles. The summed E-state index contributed by atoms with van der Waals surface area (Å²) in [5.41, 5.74) is 1.46. The summed E-state index contributed by atoms with van der Waals surface area (Å²) in [6.45, 7) is 3.70. The van der Waals surface area contributed by atoms with Crippen molar-refractivity contribution in [2.75, 3.05) is 0 Å². The molecule has 1 aromatic heterocycles. The molecule has 0 amide bonds. The zero-order valence-electron chi connectivity index (χ0n) is 12.5. The van der Waals surface area contributed by atoms with E-state index in [1.165, 1.54) is 0 Å². The van der Waals surface area contributed by atoms with Crippen molar-refractivity contribution in [2.45, 2.75) is 29.7 Å². The van der Waals surface area contributed by atoms with Gasteiger partial charge in [-0.3, -0.25) is 0 Å². The van der Waals surface area contributed by atoms with Gasteiger partial charge in [0.25, 0.3) is 0 Å². The molecule has 0 aliphatic heterocycles. The Labute approximate surface area is 133 Å². The van der Waals surface area contributed by atoms with Crippen LogP contribution in [0.3, 0.4) is 0 Å². The Morgan fingerprint density at radius 3 is 2.45 bits per heavy atom. The number of rotatable bonds is 4. The first-order valence-corrected chi connectivity index (χ1v) is 8.01. The van der Waals surface area contributed by atoms with E-state index in [9.17, 15) is 4.79 Å². The van der Waals surface area contributed by atoms with Gasteiger partial charge in [0.2, 0.25) is 0 Å². The van der Waals surface area contributed by atoms with Crippen LogP contribution in [-0.2, 0) is 4.74 Å². The molecule has 0 saturated carbocycles. The first-order valence-electron chi connectivity index (χ1n) is 7.19. The van der Waals surface area contributed by atoms with E-state index >= 15 is 0 Å². The van der Waals surface area contributed by atoms with Crippen LogP contribution in [0.25, 0.3) is 10.9 Å². The van der Waals surface area contributed by atoms with Gasteiger partial charge in [-0.2, -0.15) is 0 Å².